The first-order valence-corrected chi connectivity index (χ1v) is 7.97. The van der Waals surface area contributed by atoms with Crippen LogP contribution in [0.1, 0.15) is 27.6 Å². The fraction of sp³-hybridized carbons (Fsp3) is 0.125. The summed E-state index contributed by atoms with van der Waals surface area (Å²) in [5.74, 6) is -0.217. The molecule has 7 heteroatoms. The van der Waals surface area contributed by atoms with Crippen molar-refractivity contribution in [2.75, 3.05) is 6.61 Å². The van der Waals surface area contributed by atoms with Gasteiger partial charge in [0, 0.05) is 16.1 Å². The molecular formula is C16H14BrClN2O3. The Hall–Kier alpha value is -2.05. The topological polar surface area (TPSA) is 67.4 Å². The molecule has 2 aromatic carbocycles. The van der Waals surface area contributed by atoms with E-state index < -0.39 is 11.8 Å². The lowest BCUT2D eigenvalue weighted by atomic mass is 10.2. The SMILES string of the molecule is CCOc1ccc(C(=O)NNC(=O)c2ccc(Cl)cc2)cc1Br. The van der Waals surface area contributed by atoms with Gasteiger partial charge in [0.25, 0.3) is 11.8 Å². The lowest BCUT2D eigenvalue weighted by Gasteiger charge is -2.10. The van der Waals surface area contributed by atoms with Crippen molar-refractivity contribution in [2.45, 2.75) is 6.92 Å². The Morgan fingerprint density at radius 3 is 2.17 bits per heavy atom. The summed E-state index contributed by atoms with van der Waals surface area (Å²) in [6.45, 7) is 2.40. The molecule has 0 spiro atoms. The van der Waals surface area contributed by atoms with Crippen LogP contribution in [-0.2, 0) is 0 Å². The van der Waals surface area contributed by atoms with Crippen molar-refractivity contribution in [2.24, 2.45) is 0 Å². The Morgan fingerprint density at radius 1 is 1.04 bits per heavy atom. The van der Waals surface area contributed by atoms with Gasteiger partial charge < -0.3 is 4.74 Å². The Labute approximate surface area is 147 Å². The number of hydrazine groups is 1. The summed E-state index contributed by atoms with van der Waals surface area (Å²) in [6, 6.07) is 11.2. The van der Waals surface area contributed by atoms with Crippen molar-refractivity contribution >= 4 is 39.3 Å². The first-order valence-electron chi connectivity index (χ1n) is 6.80. The maximum atomic E-state index is 12.0. The summed E-state index contributed by atoms with van der Waals surface area (Å²) < 4.78 is 6.04. The molecule has 0 unspecified atom stereocenters. The van der Waals surface area contributed by atoms with Crippen LogP contribution >= 0.6 is 27.5 Å². The van der Waals surface area contributed by atoms with Crippen LogP contribution in [0.25, 0.3) is 0 Å². The second-order valence-corrected chi connectivity index (χ2v) is 5.78. The maximum absolute atomic E-state index is 12.0. The van der Waals surface area contributed by atoms with Gasteiger partial charge in [0.15, 0.2) is 0 Å². The molecular weight excluding hydrogens is 384 g/mol. The van der Waals surface area contributed by atoms with Crippen LogP contribution in [0.15, 0.2) is 46.9 Å². The lowest BCUT2D eigenvalue weighted by molar-refractivity contribution is 0.0846. The molecule has 0 aromatic heterocycles. The number of ether oxygens (including phenoxy) is 1. The van der Waals surface area contributed by atoms with Gasteiger partial charge in [-0.25, -0.2) is 0 Å². The highest BCUT2D eigenvalue weighted by Gasteiger charge is 2.11. The lowest BCUT2D eigenvalue weighted by Crippen LogP contribution is -2.41. The molecule has 2 rings (SSSR count). The number of carbonyl (C=O) groups excluding carboxylic acids is 2. The number of hydrogen-bond acceptors (Lipinski definition) is 3. The highest BCUT2D eigenvalue weighted by molar-refractivity contribution is 9.10. The van der Waals surface area contributed by atoms with Gasteiger partial charge >= 0.3 is 0 Å². The van der Waals surface area contributed by atoms with Gasteiger partial charge in [-0.2, -0.15) is 0 Å². The summed E-state index contributed by atoms with van der Waals surface area (Å²) in [5.41, 5.74) is 5.48. The van der Waals surface area contributed by atoms with E-state index in [0.717, 1.165) is 0 Å². The number of hydrogen-bond donors (Lipinski definition) is 2. The number of carbonyl (C=O) groups is 2. The Morgan fingerprint density at radius 2 is 1.61 bits per heavy atom. The summed E-state index contributed by atoms with van der Waals surface area (Å²) >= 11 is 9.09. The van der Waals surface area contributed by atoms with Crippen molar-refractivity contribution in [3.63, 3.8) is 0 Å². The molecule has 0 radical (unpaired) electrons. The first-order chi connectivity index (χ1) is 11.0. The zero-order valence-corrected chi connectivity index (χ0v) is 14.6. The van der Waals surface area contributed by atoms with Crippen molar-refractivity contribution in [3.8, 4) is 5.75 Å². The van der Waals surface area contributed by atoms with E-state index >= 15 is 0 Å². The highest BCUT2D eigenvalue weighted by Crippen LogP contribution is 2.25. The molecule has 0 saturated carbocycles. The number of benzene rings is 2. The molecule has 2 N–H and O–H groups in total. The molecule has 23 heavy (non-hydrogen) atoms. The van der Waals surface area contributed by atoms with Gasteiger partial charge in [0.05, 0.1) is 11.1 Å². The summed E-state index contributed by atoms with van der Waals surface area (Å²) in [6.07, 6.45) is 0. The molecule has 120 valence electrons. The first kappa shape index (κ1) is 17.3. The van der Waals surface area contributed by atoms with E-state index in [2.05, 4.69) is 26.8 Å². The molecule has 0 fully saturated rings. The molecule has 2 aromatic rings. The van der Waals surface area contributed by atoms with Crippen molar-refractivity contribution in [3.05, 3.63) is 63.1 Å². The van der Waals surface area contributed by atoms with Gasteiger partial charge in [-0.15, -0.1) is 0 Å². The predicted octanol–water partition coefficient (Wildman–Crippen LogP) is 3.58. The number of rotatable bonds is 4. The minimum absolute atomic E-state index is 0.386. The van der Waals surface area contributed by atoms with E-state index in [9.17, 15) is 9.59 Å². The fourth-order valence-electron chi connectivity index (χ4n) is 1.77. The van der Waals surface area contributed by atoms with Crippen molar-refractivity contribution in [1.29, 1.82) is 0 Å². The monoisotopic (exact) mass is 396 g/mol. The number of halogens is 2. The molecule has 5 nitrogen and oxygen atoms in total. The van der Waals surface area contributed by atoms with Gasteiger partial charge in [-0.05, 0) is 65.3 Å². The van der Waals surface area contributed by atoms with E-state index in [1.807, 2.05) is 6.92 Å². The maximum Gasteiger partial charge on any atom is 0.269 e. The molecule has 0 aliphatic rings. The summed E-state index contributed by atoms with van der Waals surface area (Å²) in [7, 11) is 0. The smallest absolute Gasteiger partial charge is 0.269 e. The standard InChI is InChI=1S/C16H14BrClN2O3/c1-2-23-14-8-5-11(9-13(14)17)16(22)20-19-15(21)10-3-6-12(18)7-4-10/h3-9H,2H2,1H3,(H,19,21)(H,20,22). The summed E-state index contributed by atoms with van der Waals surface area (Å²) in [5, 5.41) is 0.532. The third-order valence-corrected chi connectivity index (χ3v) is 3.76. The molecule has 0 aliphatic heterocycles. The molecule has 0 aliphatic carbocycles. The Bertz CT molecular complexity index is 720. The van der Waals surface area contributed by atoms with Crippen LogP contribution in [0.3, 0.4) is 0 Å². The van der Waals surface area contributed by atoms with Crippen LogP contribution < -0.4 is 15.6 Å². The van der Waals surface area contributed by atoms with Crippen LogP contribution in [0.4, 0.5) is 0 Å². The largest absolute Gasteiger partial charge is 0.493 e. The molecule has 2 amide bonds. The normalized spacial score (nSPS) is 10.0. The third-order valence-electron chi connectivity index (χ3n) is 2.89. The molecule has 0 saturated heterocycles. The van der Waals surface area contributed by atoms with Crippen LogP contribution in [-0.4, -0.2) is 18.4 Å². The van der Waals surface area contributed by atoms with E-state index in [0.29, 0.717) is 33.0 Å². The fourth-order valence-corrected chi connectivity index (χ4v) is 2.39. The third kappa shape index (κ3) is 4.71. The van der Waals surface area contributed by atoms with E-state index in [1.165, 1.54) is 0 Å². The second-order valence-electron chi connectivity index (χ2n) is 4.49. The van der Waals surface area contributed by atoms with Gasteiger partial charge in [0.2, 0.25) is 0 Å². The van der Waals surface area contributed by atoms with Crippen LogP contribution in [0.5, 0.6) is 5.75 Å². The molecule has 0 bridgehead atoms. The van der Waals surface area contributed by atoms with Crippen LogP contribution in [0, 0.1) is 0 Å². The number of nitrogens with one attached hydrogen (secondary N) is 2. The predicted molar refractivity (Wildman–Crippen MR) is 91.7 cm³/mol. The van der Waals surface area contributed by atoms with E-state index in [-0.39, 0.29) is 0 Å². The van der Waals surface area contributed by atoms with Gasteiger partial charge in [-0.3, -0.25) is 20.4 Å². The van der Waals surface area contributed by atoms with E-state index in [1.54, 1.807) is 42.5 Å². The average Bonchev–Trinajstić information content (AvgIpc) is 2.55. The van der Waals surface area contributed by atoms with Gasteiger partial charge in [0.1, 0.15) is 5.75 Å². The second kappa shape index (κ2) is 7.99. The molecule has 0 atom stereocenters. The molecule has 0 heterocycles. The zero-order valence-electron chi connectivity index (χ0n) is 12.2. The zero-order chi connectivity index (χ0) is 16.8. The van der Waals surface area contributed by atoms with E-state index in [4.69, 9.17) is 16.3 Å². The Balaban J connectivity index is 1.98. The number of amides is 2. The highest BCUT2D eigenvalue weighted by atomic mass is 79.9. The van der Waals surface area contributed by atoms with Gasteiger partial charge in [-0.1, -0.05) is 11.6 Å². The Kier molecular flexibility index (Phi) is 6.01. The van der Waals surface area contributed by atoms with Crippen molar-refractivity contribution in [1.82, 2.24) is 10.9 Å². The minimum Gasteiger partial charge on any atom is -0.493 e. The van der Waals surface area contributed by atoms with Crippen molar-refractivity contribution < 1.29 is 14.3 Å². The quantitative estimate of drug-likeness (QED) is 0.775. The van der Waals surface area contributed by atoms with Crippen LogP contribution in [0.2, 0.25) is 5.02 Å². The average molecular weight is 398 g/mol. The minimum atomic E-state index is -0.434. The summed E-state index contributed by atoms with van der Waals surface area (Å²) in [4.78, 5) is 23.9.